The molecule has 0 aromatic carbocycles. The highest BCUT2D eigenvalue weighted by atomic mass is 28.4. The molecule has 1 unspecified atom stereocenters. The summed E-state index contributed by atoms with van der Waals surface area (Å²) in [4.78, 5) is 0. The lowest BCUT2D eigenvalue weighted by molar-refractivity contribution is -0.0868. The maximum Gasteiger partial charge on any atom is 0.577 e. The van der Waals surface area contributed by atoms with Crippen LogP contribution in [0.3, 0.4) is 0 Å². The van der Waals surface area contributed by atoms with E-state index in [0.29, 0.717) is 0 Å². The first-order valence-electron chi connectivity index (χ1n) is 5.31. The molecular weight excluding hydrogens is 241 g/mol. The fourth-order valence-electron chi connectivity index (χ4n) is 1.23. The van der Waals surface area contributed by atoms with Gasteiger partial charge < -0.3 is 13.3 Å². The Morgan fingerprint density at radius 1 is 1.00 bits per heavy atom. The molecule has 1 atom stereocenters. The van der Waals surface area contributed by atoms with Gasteiger partial charge >= 0.3 is 14.4 Å². The van der Waals surface area contributed by atoms with E-state index >= 15 is 0 Å². The molecule has 0 fully saturated rings. The van der Waals surface area contributed by atoms with Crippen molar-refractivity contribution in [2.45, 2.75) is 39.4 Å². The van der Waals surface area contributed by atoms with E-state index < -0.39 is 20.5 Å². The lowest BCUT2D eigenvalue weighted by atomic mass is 10.5. The number of rotatable bonds is 8. The third kappa shape index (κ3) is 3.19. The second-order valence-corrected chi connectivity index (χ2v) is 5.74. The summed E-state index contributed by atoms with van der Waals surface area (Å²) in [6.07, 6.45) is -2.37. The van der Waals surface area contributed by atoms with Crippen molar-refractivity contribution in [1.82, 2.24) is 0 Å². The summed E-state index contributed by atoms with van der Waals surface area (Å²) < 4.78 is 55.3. The van der Waals surface area contributed by atoms with Gasteiger partial charge in [-0.25, -0.2) is 4.39 Å². The Bertz CT molecular complexity index is 185. The molecule has 0 amide bonds. The second-order valence-electron chi connectivity index (χ2n) is 3.09. The number of hydrogen-bond acceptors (Lipinski definition) is 3. The Labute approximate surface area is 95.2 Å². The van der Waals surface area contributed by atoms with Crippen molar-refractivity contribution in [3.63, 3.8) is 0 Å². The summed E-state index contributed by atoms with van der Waals surface area (Å²) in [6.45, 7) is 5.38. The van der Waals surface area contributed by atoms with Crippen molar-refractivity contribution >= 4 is 8.80 Å². The average Bonchev–Trinajstić information content (AvgIpc) is 2.18. The predicted octanol–water partition coefficient (Wildman–Crippen LogP) is 2.57. The smallest absolute Gasteiger partial charge is 0.370 e. The topological polar surface area (TPSA) is 27.7 Å². The van der Waals surface area contributed by atoms with Crippen molar-refractivity contribution in [3.8, 4) is 0 Å². The highest BCUT2D eigenvalue weighted by molar-refractivity contribution is 6.63. The molecule has 7 heteroatoms. The van der Waals surface area contributed by atoms with Crippen LogP contribution in [0.15, 0.2) is 0 Å². The van der Waals surface area contributed by atoms with Crippen molar-refractivity contribution < 1.29 is 26.4 Å². The van der Waals surface area contributed by atoms with Gasteiger partial charge in [0.05, 0.1) is 0 Å². The van der Waals surface area contributed by atoms with E-state index in [2.05, 4.69) is 0 Å². The molecule has 0 N–H and O–H groups in total. The SMILES string of the molecule is CCO[Si](OCC)(OCC)C(F)(F)C(C)F. The summed E-state index contributed by atoms with van der Waals surface area (Å²) in [5, 5.41) is 0. The van der Waals surface area contributed by atoms with E-state index in [1.807, 2.05) is 0 Å². The van der Waals surface area contributed by atoms with Crippen molar-refractivity contribution in [3.05, 3.63) is 0 Å². The fraction of sp³-hybridized carbons (Fsp3) is 1.00. The molecule has 3 nitrogen and oxygen atoms in total. The fourth-order valence-corrected chi connectivity index (χ4v) is 3.68. The van der Waals surface area contributed by atoms with Crippen LogP contribution < -0.4 is 0 Å². The van der Waals surface area contributed by atoms with Crippen LogP contribution in [0.4, 0.5) is 13.2 Å². The molecule has 0 aliphatic heterocycles. The highest BCUT2D eigenvalue weighted by Gasteiger charge is 2.68. The summed E-state index contributed by atoms with van der Waals surface area (Å²) in [5.74, 6) is 0. The second kappa shape index (κ2) is 6.58. The number of hydrogen-bond donors (Lipinski definition) is 0. The normalized spacial score (nSPS) is 15.2. The van der Waals surface area contributed by atoms with E-state index in [1.165, 1.54) is 0 Å². The zero-order chi connectivity index (χ0) is 12.8. The highest BCUT2D eigenvalue weighted by Crippen LogP contribution is 2.35. The Kier molecular flexibility index (Phi) is 6.53. The van der Waals surface area contributed by atoms with Gasteiger partial charge in [-0.3, -0.25) is 0 Å². The van der Waals surface area contributed by atoms with E-state index in [-0.39, 0.29) is 19.8 Å². The summed E-state index contributed by atoms with van der Waals surface area (Å²) >= 11 is 0. The van der Waals surface area contributed by atoms with Crippen molar-refractivity contribution in [1.29, 1.82) is 0 Å². The van der Waals surface area contributed by atoms with Gasteiger partial charge in [0.15, 0.2) is 6.17 Å². The van der Waals surface area contributed by atoms with Gasteiger partial charge in [-0.15, -0.1) is 0 Å². The van der Waals surface area contributed by atoms with Crippen LogP contribution in [0.2, 0.25) is 0 Å². The third-order valence-corrected chi connectivity index (χ3v) is 5.13. The molecule has 0 aliphatic rings. The minimum Gasteiger partial charge on any atom is -0.370 e. The van der Waals surface area contributed by atoms with Gasteiger partial charge in [0.25, 0.3) is 0 Å². The average molecular weight is 260 g/mol. The largest absolute Gasteiger partial charge is 0.577 e. The molecule has 0 spiro atoms. The van der Waals surface area contributed by atoms with Gasteiger partial charge in [0.2, 0.25) is 0 Å². The molecule has 0 aliphatic carbocycles. The first kappa shape index (κ1) is 15.9. The molecular formula is C9H19F3O3Si. The van der Waals surface area contributed by atoms with E-state index in [4.69, 9.17) is 13.3 Å². The van der Waals surface area contributed by atoms with Crippen LogP contribution in [0.5, 0.6) is 0 Å². The Morgan fingerprint density at radius 2 is 1.31 bits per heavy atom. The summed E-state index contributed by atoms with van der Waals surface area (Å²) in [6, 6.07) is 0. The van der Waals surface area contributed by atoms with Crippen LogP contribution in [0.25, 0.3) is 0 Å². The van der Waals surface area contributed by atoms with Gasteiger partial charge in [-0.1, -0.05) is 0 Å². The molecule has 0 heterocycles. The first-order chi connectivity index (χ1) is 7.38. The zero-order valence-electron chi connectivity index (χ0n) is 10.1. The number of alkyl halides is 3. The van der Waals surface area contributed by atoms with E-state index in [9.17, 15) is 13.2 Å². The lowest BCUT2D eigenvalue weighted by Crippen LogP contribution is -2.64. The first-order valence-corrected chi connectivity index (χ1v) is 7.04. The molecule has 0 aromatic rings. The van der Waals surface area contributed by atoms with Crippen molar-refractivity contribution in [2.75, 3.05) is 19.8 Å². The molecule has 0 saturated heterocycles. The molecule has 0 bridgehead atoms. The Morgan fingerprint density at radius 3 is 1.50 bits per heavy atom. The maximum absolute atomic E-state index is 13.7. The molecule has 16 heavy (non-hydrogen) atoms. The van der Waals surface area contributed by atoms with Gasteiger partial charge in [-0.2, -0.15) is 8.78 Å². The molecule has 0 saturated carbocycles. The lowest BCUT2D eigenvalue weighted by Gasteiger charge is -2.35. The number of halogens is 3. The quantitative estimate of drug-likeness (QED) is 0.628. The summed E-state index contributed by atoms with van der Waals surface area (Å²) in [5.41, 5.74) is -3.73. The minimum atomic E-state index is -4.29. The third-order valence-electron chi connectivity index (χ3n) is 1.91. The Balaban J connectivity index is 5.12. The van der Waals surface area contributed by atoms with Crippen LogP contribution in [-0.2, 0) is 13.3 Å². The van der Waals surface area contributed by atoms with Gasteiger partial charge in [-0.05, 0) is 27.7 Å². The molecule has 98 valence electrons. The Hall–Kier alpha value is -0.113. The van der Waals surface area contributed by atoms with Gasteiger partial charge in [0.1, 0.15) is 0 Å². The van der Waals surface area contributed by atoms with Crippen LogP contribution >= 0.6 is 0 Å². The van der Waals surface area contributed by atoms with E-state index in [0.717, 1.165) is 6.92 Å². The van der Waals surface area contributed by atoms with Crippen LogP contribution in [0.1, 0.15) is 27.7 Å². The maximum atomic E-state index is 13.7. The summed E-state index contributed by atoms with van der Waals surface area (Å²) in [7, 11) is -4.29. The molecule has 0 rings (SSSR count). The van der Waals surface area contributed by atoms with Crippen LogP contribution in [0, 0.1) is 0 Å². The van der Waals surface area contributed by atoms with Gasteiger partial charge in [0, 0.05) is 19.8 Å². The monoisotopic (exact) mass is 260 g/mol. The van der Waals surface area contributed by atoms with Crippen LogP contribution in [-0.4, -0.2) is 40.3 Å². The predicted molar refractivity (Wildman–Crippen MR) is 56.1 cm³/mol. The van der Waals surface area contributed by atoms with E-state index in [1.54, 1.807) is 20.8 Å². The molecule has 0 aromatic heterocycles. The molecule has 0 radical (unpaired) electrons. The minimum absolute atomic E-state index is 0.00542. The van der Waals surface area contributed by atoms with Crippen molar-refractivity contribution in [2.24, 2.45) is 0 Å². The standard InChI is InChI=1S/C9H19F3O3Si/c1-5-13-16(14-6-2,15-7-3)9(11,12)8(4)10/h8H,5-7H2,1-4H3. The zero-order valence-corrected chi connectivity index (χ0v) is 11.1.